The number of nitriles is 1. The number of alkyl halides is 1. The third-order valence-electron chi connectivity index (χ3n) is 5.10. The molecule has 1 aliphatic rings. The van der Waals surface area contributed by atoms with Crippen LogP contribution in [-0.4, -0.2) is 30.8 Å². The van der Waals surface area contributed by atoms with E-state index in [1.807, 2.05) is 52.0 Å². The van der Waals surface area contributed by atoms with Crippen molar-refractivity contribution >= 4 is 35.8 Å². The van der Waals surface area contributed by atoms with Crippen molar-refractivity contribution in [2.45, 2.75) is 38.9 Å². The van der Waals surface area contributed by atoms with Crippen molar-refractivity contribution in [3.63, 3.8) is 0 Å². The molecule has 0 aromatic heterocycles. The lowest BCUT2D eigenvalue weighted by atomic mass is 9.79. The van der Waals surface area contributed by atoms with E-state index in [-0.39, 0.29) is 17.2 Å². The maximum Gasteiger partial charge on any atom is 0.494 e. The molecular weight excluding hydrogens is 412 g/mol. The van der Waals surface area contributed by atoms with E-state index in [4.69, 9.17) is 42.0 Å². The second-order valence-electron chi connectivity index (χ2n) is 7.69. The molecule has 0 N–H and O–H groups in total. The molecule has 1 aliphatic heterocycles. The van der Waals surface area contributed by atoms with Crippen LogP contribution < -0.4 is 14.9 Å². The van der Waals surface area contributed by atoms with Gasteiger partial charge in [0.05, 0.1) is 27.7 Å². The molecular formula is C21H22BCl2NO4. The predicted octanol–water partition coefficient (Wildman–Crippen LogP) is 4.92. The number of rotatable bonds is 6. The van der Waals surface area contributed by atoms with Crippen LogP contribution in [0.5, 0.6) is 17.2 Å². The molecule has 1 saturated heterocycles. The first-order valence-corrected chi connectivity index (χ1v) is 10.1. The number of ether oxygens (including phenoxy) is 2. The fourth-order valence-electron chi connectivity index (χ4n) is 2.81. The minimum Gasteiger partial charge on any atom is -0.489 e. The number of hydrogen-bond donors (Lipinski definition) is 0. The third-order valence-corrected chi connectivity index (χ3v) is 5.54. The summed E-state index contributed by atoms with van der Waals surface area (Å²) in [4.78, 5) is 0. The van der Waals surface area contributed by atoms with Gasteiger partial charge >= 0.3 is 7.12 Å². The normalized spacial score (nSPS) is 17.1. The van der Waals surface area contributed by atoms with Crippen LogP contribution in [0, 0.1) is 11.3 Å². The molecule has 152 valence electrons. The van der Waals surface area contributed by atoms with Gasteiger partial charge in [0, 0.05) is 12.1 Å². The lowest BCUT2D eigenvalue weighted by molar-refractivity contribution is 0.00578. The van der Waals surface area contributed by atoms with Gasteiger partial charge in [-0.1, -0.05) is 23.7 Å². The Morgan fingerprint density at radius 1 is 1.03 bits per heavy atom. The summed E-state index contributed by atoms with van der Waals surface area (Å²) in [5.74, 6) is 1.64. The Kier molecular flexibility index (Phi) is 6.35. The summed E-state index contributed by atoms with van der Waals surface area (Å²) >= 11 is 11.9. The number of benzene rings is 2. The Hall–Kier alpha value is -1.91. The van der Waals surface area contributed by atoms with Gasteiger partial charge in [0.2, 0.25) is 0 Å². The van der Waals surface area contributed by atoms with Crippen LogP contribution in [0.3, 0.4) is 0 Å². The van der Waals surface area contributed by atoms with Gasteiger partial charge in [-0.25, -0.2) is 0 Å². The third kappa shape index (κ3) is 4.65. The molecule has 2 aromatic carbocycles. The summed E-state index contributed by atoms with van der Waals surface area (Å²) in [6.45, 7) is 8.32. The molecule has 5 nitrogen and oxygen atoms in total. The smallest absolute Gasteiger partial charge is 0.489 e. The van der Waals surface area contributed by atoms with E-state index in [1.54, 1.807) is 12.1 Å². The minimum absolute atomic E-state index is 0.260. The van der Waals surface area contributed by atoms with Gasteiger partial charge < -0.3 is 18.8 Å². The molecule has 2 aromatic rings. The maximum atomic E-state index is 9.37. The molecule has 0 aliphatic carbocycles. The van der Waals surface area contributed by atoms with Gasteiger partial charge in [0.15, 0.2) is 5.75 Å². The number of nitrogens with zero attached hydrogens (tertiary/aromatic N) is 1. The quantitative estimate of drug-likeness (QED) is 0.477. The zero-order valence-corrected chi connectivity index (χ0v) is 18.3. The second-order valence-corrected chi connectivity index (χ2v) is 8.48. The van der Waals surface area contributed by atoms with Crippen LogP contribution >= 0.6 is 23.2 Å². The molecule has 8 heteroatoms. The Labute approximate surface area is 181 Å². The molecule has 0 atom stereocenters. The van der Waals surface area contributed by atoms with Gasteiger partial charge in [-0.05, 0) is 45.3 Å². The zero-order valence-electron chi connectivity index (χ0n) is 16.8. The second kappa shape index (κ2) is 8.45. The Bertz CT molecular complexity index is 910. The first-order valence-electron chi connectivity index (χ1n) is 9.23. The standard InChI is InChI=1S/C21H22BCl2NO4/c1-20(2)21(3,4)29-22(28-20)15-5-7-16(8-6-15)27-17-11-14(13-25)19(18(24)12-17)26-10-9-23/h5-8,11-12H,9-10H2,1-4H3. The topological polar surface area (TPSA) is 60.7 Å². The average Bonchev–Trinajstić information content (AvgIpc) is 2.88. The Balaban J connectivity index is 1.75. The van der Waals surface area contributed by atoms with Crippen molar-refractivity contribution in [2.75, 3.05) is 12.5 Å². The van der Waals surface area contributed by atoms with E-state index < -0.39 is 18.3 Å². The summed E-state index contributed by atoms with van der Waals surface area (Å²) < 4.78 is 23.4. The molecule has 0 radical (unpaired) electrons. The summed E-state index contributed by atoms with van der Waals surface area (Å²) in [6, 6.07) is 12.7. The highest BCUT2D eigenvalue weighted by Gasteiger charge is 2.51. The van der Waals surface area contributed by atoms with Crippen LogP contribution in [0.1, 0.15) is 33.3 Å². The van der Waals surface area contributed by atoms with E-state index in [9.17, 15) is 5.26 Å². The summed E-state index contributed by atoms with van der Waals surface area (Å²) in [6.07, 6.45) is 0. The molecule has 0 amide bonds. The fourth-order valence-corrected chi connectivity index (χ4v) is 3.15. The van der Waals surface area contributed by atoms with Crippen LogP contribution in [0.4, 0.5) is 0 Å². The van der Waals surface area contributed by atoms with E-state index >= 15 is 0 Å². The first-order chi connectivity index (χ1) is 13.7. The lowest BCUT2D eigenvalue weighted by Gasteiger charge is -2.32. The zero-order chi connectivity index (χ0) is 21.2. The van der Waals surface area contributed by atoms with Gasteiger partial charge in [-0.3, -0.25) is 0 Å². The van der Waals surface area contributed by atoms with Crippen molar-refractivity contribution in [3.05, 3.63) is 47.0 Å². The minimum atomic E-state index is -0.438. The van der Waals surface area contributed by atoms with Crippen molar-refractivity contribution in [1.82, 2.24) is 0 Å². The SMILES string of the molecule is CC1(C)OB(c2ccc(Oc3cc(Cl)c(OCCCl)c(C#N)c3)cc2)OC1(C)C. The monoisotopic (exact) mass is 433 g/mol. The van der Waals surface area contributed by atoms with Gasteiger partial charge in [-0.2, -0.15) is 5.26 Å². The van der Waals surface area contributed by atoms with Gasteiger partial charge in [0.1, 0.15) is 24.2 Å². The molecule has 29 heavy (non-hydrogen) atoms. The van der Waals surface area contributed by atoms with E-state index in [0.29, 0.717) is 23.1 Å². The molecule has 0 bridgehead atoms. The molecule has 1 heterocycles. The van der Waals surface area contributed by atoms with Crippen LogP contribution in [-0.2, 0) is 9.31 Å². The van der Waals surface area contributed by atoms with Crippen molar-refractivity contribution in [1.29, 1.82) is 5.26 Å². The molecule has 0 saturated carbocycles. The summed E-state index contributed by atoms with van der Waals surface area (Å²) in [5.41, 5.74) is 0.387. The highest BCUT2D eigenvalue weighted by molar-refractivity contribution is 6.62. The molecule has 3 rings (SSSR count). The molecule has 0 unspecified atom stereocenters. The van der Waals surface area contributed by atoms with Crippen molar-refractivity contribution < 1.29 is 18.8 Å². The van der Waals surface area contributed by atoms with Crippen LogP contribution in [0.25, 0.3) is 0 Å². The Morgan fingerprint density at radius 3 is 2.21 bits per heavy atom. The number of halogens is 2. The largest absolute Gasteiger partial charge is 0.494 e. The summed E-state index contributed by atoms with van der Waals surface area (Å²) in [5, 5.41) is 9.66. The van der Waals surface area contributed by atoms with E-state index in [2.05, 4.69) is 6.07 Å². The van der Waals surface area contributed by atoms with Gasteiger partial charge in [-0.15, -0.1) is 11.6 Å². The van der Waals surface area contributed by atoms with E-state index in [0.717, 1.165) is 5.46 Å². The highest BCUT2D eigenvalue weighted by Crippen LogP contribution is 2.37. The van der Waals surface area contributed by atoms with Crippen LogP contribution in [0.2, 0.25) is 5.02 Å². The predicted molar refractivity (Wildman–Crippen MR) is 115 cm³/mol. The molecule has 0 spiro atoms. The lowest BCUT2D eigenvalue weighted by Crippen LogP contribution is -2.41. The fraction of sp³-hybridized carbons (Fsp3) is 0.381. The molecule has 1 fully saturated rings. The number of hydrogen-bond acceptors (Lipinski definition) is 5. The maximum absolute atomic E-state index is 9.37. The Morgan fingerprint density at radius 2 is 1.66 bits per heavy atom. The van der Waals surface area contributed by atoms with Crippen LogP contribution in [0.15, 0.2) is 36.4 Å². The van der Waals surface area contributed by atoms with Crippen molar-refractivity contribution in [3.8, 4) is 23.3 Å². The van der Waals surface area contributed by atoms with E-state index in [1.165, 1.54) is 0 Å². The first kappa shape index (κ1) is 21.8. The average molecular weight is 434 g/mol. The highest BCUT2D eigenvalue weighted by atomic mass is 35.5. The summed E-state index contributed by atoms with van der Waals surface area (Å²) in [7, 11) is -0.438. The van der Waals surface area contributed by atoms with Crippen molar-refractivity contribution in [2.24, 2.45) is 0 Å². The van der Waals surface area contributed by atoms with Gasteiger partial charge in [0.25, 0.3) is 0 Å².